The average Bonchev–Trinajstić information content (AvgIpc) is 2.29. The molecule has 0 radical (unpaired) electrons. The van der Waals surface area contributed by atoms with Crippen molar-refractivity contribution in [3.63, 3.8) is 0 Å². The Hall–Kier alpha value is -1.63. The fourth-order valence-corrected chi connectivity index (χ4v) is 0.541. The lowest BCUT2D eigenvalue weighted by atomic mass is 10.6. The lowest BCUT2D eigenvalue weighted by molar-refractivity contribution is -0.154. The molecule has 0 aliphatic carbocycles. The van der Waals surface area contributed by atoms with Gasteiger partial charge in [0.1, 0.15) is 0 Å². The van der Waals surface area contributed by atoms with E-state index in [0.717, 1.165) is 0 Å². The molecule has 0 fully saturated rings. The lowest BCUT2D eigenvalue weighted by Gasteiger charge is -1.97. The summed E-state index contributed by atoms with van der Waals surface area (Å²) < 4.78 is 8.53. The van der Waals surface area contributed by atoms with Crippen LogP contribution in [0.5, 0.6) is 0 Å². The number of likely N-dealkylation sites (N-methyl/N-ethyl adjacent to an activating group) is 1. The molecule has 0 atom stereocenters. The molecule has 0 rings (SSSR count). The van der Waals surface area contributed by atoms with Crippen LogP contribution in [-0.2, 0) is 28.7 Å². The minimum atomic E-state index is -1.08. The molecule has 17 heavy (non-hydrogen) atoms. The number of amides is 1. The van der Waals surface area contributed by atoms with E-state index >= 15 is 0 Å². The highest BCUT2D eigenvalue weighted by Crippen LogP contribution is 1.83. The van der Waals surface area contributed by atoms with Gasteiger partial charge in [-0.3, -0.25) is 9.59 Å². The molecule has 1 amide bonds. The highest BCUT2D eigenvalue weighted by molar-refractivity contribution is 6.80. The predicted molar refractivity (Wildman–Crippen MR) is 58.2 cm³/mol. The first-order valence-corrected chi connectivity index (χ1v) is 5.03. The van der Waals surface area contributed by atoms with Gasteiger partial charge in [0.05, 0.1) is 13.2 Å². The summed E-state index contributed by atoms with van der Waals surface area (Å²) in [5.74, 6) is -2.54. The van der Waals surface area contributed by atoms with Crippen molar-refractivity contribution in [3.8, 4) is 0 Å². The molecule has 98 valence electrons. The van der Waals surface area contributed by atoms with Crippen molar-refractivity contribution in [2.45, 2.75) is 13.8 Å². The van der Waals surface area contributed by atoms with Crippen LogP contribution in [0.1, 0.15) is 13.8 Å². The van der Waals surface area contributed by atoms with Crippen molar-refractivity contribution >= 4 is 34.7 Å². The van der Waals surface area contributed by atoms with E-state index in [0.29, 0.717) is 0 Å². The highest BCUT2D eigenvalue weighted by atomic mass is 35.5. The molecular weight excluding hydrogens is 254 g/mol. The van der Waals surface area contributed by atoms with Gasteiger partial charge >= 0.3 is 23.1 Å². The van der Waals surface area contributed by atoms with Gasteiger partial charge in [0, 0.05) is 7.05 Å². The topological polar surface area (TPSA) is 98.8 Å². The molecule has 0 unspecified atom stereocenters. The monoisotopic (exact) mass is 267 g/mol. The van der Waals surface area contributed by atoms with Gasteiger partial charge in [0.25, 0.3) is 0 Å². The lowest BCUT2D eigenvalue weighted by Crippen LogP contribution is -2.29. The Morgan fingerprint density at radius 1 is 1.00 bits per heavy atom. The van der Waals surface area contributed by atoms with E-state index in [1.165, 1.54) is 7.05 Å². The summed E-state index contributed by atoms with van der Waals surface area (Å²) in [6.45, 7) is 3.64. The molecule has 0 spiro atoms. The molecule has 1 N–H and O–H groups in total. The summed E-state index contributed by atoms with van der Waals surface area (Å²) in [5, 5.41) is 1.06. The van der Waals surface area contributed by atoms with Gasteiger partial charge in [-0.15, -0.1) is 0 Å². The van der Waals surface area contributed by atoms with E-state index in [4.69, 9.17) is 11.6 Å². The third-order valence-corrected chi connectivity index (χ3v) is 1.28. The molecule has 7 nitrogen and oxygen atoms in total. The molecule has 0 heterocycles. The standard InChI is InChI=1S/C5H9NO3.C4H5ClO3/c1-3-9-5(8)4(7)6-2;1-2-8-4(7)3(5)6/h3H2,1-2H3,(H,6,7);2H2,1H3. The normalized spacial score (nSPS) is 8.24. The second-order valence-corrected chi connectivity index (χ2v) is 2.64. The van der Waals surface area contributed by atoms with Crippen molar-refractivity contribution in [3.05, 3.63) is 0 Å². The Balaban J connectivity index is 0. The quantitative estimate of drug-likeness (QED) is 0.425. The largest absolute Gasteiger partial charge is 0.459 e. The molecule has 8 heteroatoms. The van der Waals surface area contributed by atoms with Crippen LogP contribution in [0.3, 0.4) is 0 Å². The Morgan fingerprint density at radius 3 is 1.65 bits per heavy atom. The molecule has 0 bridgehead atoms. The van der Waals surface area contributed by atoms with Crippen molar-refractivity contribution in [1.29, 1.82) is 0 Å². The van der Waals surface area contributed by atoms with Gasteiger partial charge < -0.3 is 14.8 Å². The number of carbonyl (C=O) groups is 4. The third kappa shape index (κ3) is 10.6. The number of rotatable bonds is 3. The summed E-state index contributed by atoms with van der Waals surface area (Å²) >= 11 is 4.69. The van der Waals surface area contributed by atoms with Crippen molar-refractivity contribution in [1.82, 2.24) is 5.32 Å². The van der Waals surface area contributed by atoms with E-state index in [9.17, 15) is 19.2 Å². The number of carbonyl (C=O) groups excluding carboxylic acids is 4. The minimum absolute atomic E-state index is 0.178. The number of halogens is 1. The van der Waals surface area contributed by atoms with Crippen LogP contribution in [0.25, 0.3) is 0 Å². The van der Waals surface area contributed by atoms with Crippen molar-refractivity contribution in [2.24, 2.45) is 0 Å². The number of nitrogens with one attached hydrogen (secondary N) is 1. The summed E-state index contributed by atoms with van der Waals surface area (Å²) in [4.78, 5) is 40.5. The van der Waals surface area contributed by atoms with Crippen molar-refractivity contribution in [2.75, 3.05) is 20.3 Å². The summed E-state index contributed by atoms with van der Waals surface area (Å²) in [5.41, 5.74) is 0. The van der Waals surface area contributed by atoms with Crippen LogP contribution in [-0.4, -0.2) is 43.3 Å². The zero-order valence-electron chi connectivity index (χ0n) is 9.74. The minimum Gasteiger partial charge on any atom is -0.459 e. The molecule has 0 aromatic carbocycles. The Morgan fingerprint density at radius 2 is 1.41 bits per heavy atom. The average molecular weight is 268 g/mol. The first-order chi connectivity index (χ1) is 7.90. The van der Waals surface area contributed by atoms with E-state index in [1.54, 1.807) is 13.8 Å². The van der Waals surface area contributed by atoms with Gasteiger partial charge in [-0.25, -0.2) is 9.59 Å². The molecular formula is C9H14ClNO6. The van der Waals surface area contributed by atoms with Gasteiger partial charge in [-0.2, -0.15) is 0 Å². The maximum Gasteiger partial charge on any atom is 0.396 e. The Bertz CT molecular complexity index is 291. The van der Waals surface area contributed by atoms with E-state index < -0.39 is 23.1 Å². The van der Waals surface area contributed by atoms with E-state index in [-0.39, 0.29) is 13.2 Å². The van der Waals surface area contributed by atoms with Crippen LogP contribution in [0.2, 0.25) is 0 Å². The molecule has 0 aromatic rings. The number of esters is 2. The van der Waals surface area contributed by atoms with Crippen molar-refractivity contribution < 1.29 is 28.7 Å². The number of hydrogen-bond donors (Lipinski definition) is 1. The van der Waals surface area contributed by atoms with Crippen LogP contribution >= 0.6 is 11.6 Å². The number of ether oxygens (including phenoxy) is 2. The molecule has 0 aliphatic rings. The molecule has 0 saturated heterocycles. The second kappa shape index (κ2) is 10.9. The summed E-state index contributed by atoms with van der Waals surface area (Å²) in [7, 11) is 1.37. The highest BCUT2D eigenvalue weighted by Gasteiger charge is 2.10. The second-order valence-electron chi connectivity index (χ2n) is 2.29. The molecule has 0 aromatic heterocycles. The fourth-order valence-electron chi connectivity index (χ4n) is 0.487. The molecule has 0 saturated carbocycles. The van der Waals surface area contributed by atoms with Gasteiger partial charge in [-0.05, 0) is 25.4 Å². The Labute approximate surface area is 103 Å². The zero-order chi connectivity index (χ0) is 13.8. The summed E-state index contributed by atoms with van der Waals surface area (Å²) in [6, 6.07) is 0. The summed E-state index contributed by atoms with van der Waals surface area (Å²) in [6.07, 6.45) is 0. The van der Waals surface area contributed by atoms with Crippen LogP contribution < -0.4 is 5.32 Å². The maximum atomic E-state index is 10.3. The van der Waals surface area contributed by atoms with E-state index in [2.05, 4.69) is 14.8 Å². The maximum absolute atomic E-state index is 10.3. The predicted octanol–water partition coefficient (Wildman–Crippen LogP) is -0.390. The van der Waals surface area contributed by atoms with Gasteiger partial charge in [-0.1, -0.05) is 0 Å². The first kappa shape index (κ1) is 17.8. The van der Waals surface area contributed by atoms with E-state index in [1.807, 2.05) is 0 Å². The van der Waals surface area contributed by atoms with Crippen LogP contribution in [0.15, 0.2) is 0 Å². The first-order valence-electron chi connectivity index (χ1n) is 4.66. The molecule has 0 aliphatic heterocycles. The van der Waals surface area contributed by atoms with Crippen LogP contribution in [0.4, 0.5) is 0 Å². The SMILES string of the molecule is CCOC(=O)C(=O)Cl.CCOC(=O)C(=O)NC. The van der Waals surface area contributed by atoms with Gasteiger partial charge in [0.15, 0.2) is 0 Å². The third-order valence-electron chi connectivity index (χ3n) is 1.12. The number of hydrogen-bond acceptors (Lipinski definition) is 6. The van der Waals surface area contributed by atoms with Crippen LogP contribution in [0, 0.1) is 0 Å². The smallest absolute Gasteiger partial charge is 0.396 e. The van der Waals surface area contributed by atoms with Gasteiger partial charge in [0.2, 0.25) is 0 Å². The fraction of sp³-hybridized carbons (Fsp3) is 0.556. The Kier molecular flexibility index (Phi) is 11.4. The zero-order valence-corrected chi connectivity index (χ0v) is 10.5.